The Morgan fingerprint density at radius 1 is 1.23 bits per heavy atom. The number of hydrogen-bond donors (Lipinski definition) is 1. The molecule has 0 saturated heterocycles. The molecule has 22 heavy (non-hydrogen) atoms. The number of hydrogen-bond acceptors (Lipinski definition) is 3. The van der Waals surface area contributed by atoms with Crippen LogP contribution < -0.4 is 10.1 Å². The number of aromatic nitrogens is 1. The molecule has 0 unspecified atom stereocenters. The first-order valence-electron chi connectivity index (χ1n) is 7.19. The van der Waals surface area contributed by atoms with E-state index in [0.717, 1.165) is 5.75 Å². The number of rotatable bonds is 6. The van der Waals surface area contributed by atoms with Gasteiger partial charge in [-0.2, -0.15) is 0 Å². The number of nitrogens with one attached hydrogen (secondary N) is 1. The summed E-state index contributed by atoms with van der Waals surface area (Å²) in [5, 5.41) is 3.13. The second kappa shape index (κ2) is 7.80. The highest BCUT2D eigenvalue weighted by Gasteiger charge is 2.04. The molecule has 0 aliphatic rings. The lowest BCUT2D eigenvalue weighted by Crippen LogP contribution is -2.15. The van der Waals surface area contributed by atoms with Crippen LogP contribution >= 0.6 is 11.6 Å². The monoisotopic (exact) mass is 318 g/mol. The number of halogens is 1. The predicted molar refractivity (Wildman–Crippen MR) is 88.5 cm³/mol. The summed E-state index contributed by atoms with van der Waals surface area (Å²) in [6.45, 7) is 4.62. The summed E-state index contributed by atoms with van der Waals surface area (Å²) in [5.41, 5.74) is 1.89. The molecule has 0 aliphatic carbocycles. The Morgan fingerprint density at radius 3 is 2.55 bits per heavy atom. The average Bonchev–Trinajstić information content (AvgIpc) is 2.50. The van der Waals surface area contributed by atoms with Crippen molar-refractivity contribution in [3.63, 3.8) is 0 Å². The minimum Gasteiger partial charge on any atom is -0.493 e. The van der Waals surface area contributed by atoms with Crippen molar-refractivity contribution in [1.82, 2.24) is 4.98 Å². The fourth-order valence-electron chi connectivity index (χ4n) is 1.88. The Morgan fingerprint density at radius 2 is 1.95 bits per heavy atom. The van der Waals surface area contributed by atoms with Crippen molar-refractivity contribution in [1.29, 1.82) is 0 Å². The molecule has 2 rings (SSSR count). The Balaban J connectivity index is 1.75. The minimum atomic E-state index is -0.122. The third-order valence-electron chi connectivity index (χ3n) is 3.16. The van der Waals surface area contributed by atoms with E-state index in [-0.39, 0.29) is 12.3 Å². The molecule has 5 heteroatoms. The van der Waals surface area contributed by atoms with E-state index in [4.69, 9.17) is 16.3 Å². The molecule has 0 fully saturated rings. The Kier molecular flexibility index (Phi) is 5.78. The van der Waals surface area contributed by atoms with Gasteiger partial charge in [0, 0.05) is 0 Å². The van der Waals surface area contributed by atoms with Gasteiger partial charge in [0.25, 0.3) is 0 Å². The van der Waals surface area contributed by atoms with E-state index < -0.39 is 0 Å². The quantitative estimate of drug-likeness (QED) is 0.809. The predicted octanol–water partition coefficient (Wildman–Crippen LogP) is 4.27. The molecule has 1 aromatic heterocycles. The van der Waals surface area contributed by atoms with Crippen LogP contribution in [0.5, 0.6) is 5.75 Å². The first-order chi connectivity index (χ1) is 10.5. The van der Waals surface area contributed by atoms with Gasteiger partial charge in [0.05, 0.1) is 24.9 Å². The lowest BCUT2D eigenvalue weighted by atomic mass is 10.0. The van der Waals surface area contributed by atoms with Crippen LogP contribution in [-0.2, 0) is 4.79 Å². The first kappa shape index (κ1) is 16.3. The van der Waals surface area contributed by atoms with Gasteiger partial charge in [-0.05, 0) is 35.7 Å². The van der Waals surface area contributed by atoms with E-state index in [1.807, 2.05) is 24.3 Å². The lowest BCUT2D eigenvalue weighted by molar-refractivity contribution is -0.116. The van der Waals surface area contributed by atoms with Crippen LogP contribution in [0.15, 0.2) is 42.6 Å². The molecule has 0 aliphatic heterocycles. The first-order valence-corrected chi connectivity index (χ1v) is 7.56. The zero-order chi connectivity index (χ0) is 15.9. The topological polar surface area (TPSA) is 51.2 Å². The third-order valence-corrected chi connectivity index (χ3v) is 3.38. The van der Waals surface area contributed by atoms with Gasteiger partial charge >= 0.3 is 0 Å². The molecule has 0 atom stereocenters. The van der Waals surface area contributed by atoms with Crippen LogP contribution in [0, 0.1) is 0 Å². The highest BCUT2D eigenvalue weighted by molar-refractivity contribution is 6.29. The minimum absolute atomic E-state index is 0.122. The van der Waals surface area contributed by atoms with Crippen molar-refractivity contribution < 1.29 is 9.53 Å². The molecule has 0 radical (unpaired) electrons. The van der Waals surface area contributed by atoms with Crippen molar-refractivity contribution in [2.45, 2.75) is 26.2 Å². The third kappa shape index (κ3) is 5.04. The molecule has 0 spiro atoms. The zero-order valence-corrected chi connectivity index (χ0v) is 13.4. The van der Waals surface area contributed by atoms with E-state index in [0.29, 0.717) is 23.4 Å². The molecule has 4 nitrogen and oxygen atoms in total. The van der Waals surface area contributed by atoms with E-state index in [2.05, 4.69) is 24.1 Å². The molecule has 1 amide bonds. The maximum Gasteiger partial charge on any atom is 0.227 e. The molecule has 0 saturated carbocycles. The molecular formula is C17H19ClN2O2. The van der Waals surface area contributed by atoms with Gasteiger partial charge in [0.15, 0.2) is 0 Å². The average molecular weight is 319 g/mol. The van der Waals surface area contributed by atoms with E-state index in [9.17, 15) is 4.79 Å². The van der Waals surface area contributed by atoms with Gasteiger partial charge < -0.3 is 10.1 Å². The fraction of sp³-hybridized carbons (Fsp3) is 0.294. The number of anilines is 1. The van der Waals surface area contributed by atoms with Gasteiger partial charge in [-0.15, -0.1) is 0 Å². The van der Waals surface area contributed by atoms with Gasteiger partial charge in [-0.1, -0.05) is 37.6 Å². The largest absolute Gasteiger partial charge is 0.493 e. The van der Waals surface area contributed by atoms with Gasteiger partial charge in [0.2, 0.25) is 5.91 Å². The van der Waals surface area contributed by atoms with Crippen molar-refractivity contribution in [3.8, 4) is 5.75 Å². The van der Waals surface area contributed by atoms with Crippen LogP contribution in [0.4, 0.5) is 5.69 Å². The normalized spacial score (nSPS) is 10.5. The van der Waals surface area contributed by atoms with E-state index in [1.54, 1.807) is 12.1 Å². The van der Waals surface area contributed by atoms with Crippen molar-refractivity contribution in [2.75, 3.05) is 11.9 Å². The van der Waals surface area contributed by atoms with Crippen molar-refractivity contribution in [2.24, 2.45) is 0 Å². The maximum absolute atomic E-state index is 11.8. The smallest absolute Gasteiger partial charge is 0.227 e. The highest BCUT2D eigenvalue weighted by atomic mass is 35.5. The van der Waals surface area contributed by atoms with E-state index >= 15 is 0 Å². The summed E-state index contributed by atoms with van der Waals surface area (Å²) >= 11 is 5.69. The zero-order valence-electron chi connectivity index (χ0n) is 12.7. The lowest BCUT2D eigenvalue weighted by Gasteiger charge is -2.09. The van der Waals surface area contributed by atoms with Crippen LogP contribution in [0.1, 0.15) is 31.7 Å². The second-order valence-corrected chi connectivity index (χ2v) is 5.63. The summed E-state index contributed by atoms with van der Waals surface area (Å²) < 4.78 is 5.57. The van der Waals surface area contributed by atoms with Gasteiger partial charge in [0.1, 0.15) is 10.9 Å². The number of carbonyl (C=O) groups excluding carboxylic acids is 1. The summed E-state index contributed by atoms with van der Waals surface area (Å²) in [4.78, 5) is 15.7. The number of amides is 1. The molecule has 1 aromatic carbocycles. The fourth-order valence-corrected chi connectivity index (χ4v) is 2.00. The molecule has 2 aromatic rings. The number of pyridine rings is 1. The number of carbonyl (C=O) groups is 1. The molecule has 0 bridgehead atoms. The van der Waals surface area contributed by atoms with Crippen LogP contribution in [0.2, 0.25) is 5.15 Å². The van der Waals surface area contributed by atoms with Gasteiger partial charge in [-0.3, -0.25) is 4.79 Å². The number of nitrogens with zero attached hydrogens (tertiary/aromatic N) is 1. The molecule has 1 N–H and O–H groups in total. The van der Waals surface area contributed by atoms with Crippen molar-refractivity contribution in [3.05, 3.63) is 53.3 Å². The Bertz CT molecular complexity index is 610. The molecule has 1 heterocycles. The van der Waals surface area contributed by atoms with Crippen molar-refractivity contribution >= 4 is 23.2 Å². The SMILES string of the molecule is CC(C)c1ccc(OCCC(=O)Nc2ccc(Cl)nc2)cc1. The Labute approximate surface area is 135 Å². The van der Waals surface area contributed by atoms with Crippen LogP contribution in [0.25, 0.3) is 0 Å². The Hall–Kier alpha value is -2.07. The van der Waals surface area contributed by atoms with Crippen LogP contribution in [0.3, 0.4) is 0 Å². The summed E-state index contributed by atoms with van der Waals surface area (Å²) in [5.74, 6) is 1.14. The number of benzene rings is 1. The van der Waals surface area contributed by atoms with Gasteiger partial charge in [-0.25, -0.2) is 4.98 Å². The molecular weight excluding hydrogens is 300 g/mol. The second-order valence-electron chi connectivity index (χ2n) is 5.24. The number of ether oxygens (including phenoxy) is 1. The molecule has 116 valence electrons. The van der Waals surface area contributed by atoms with E-state index in [1.165, 1.54) is 11.8 Å². The summed E-state index contributed by atoms with van der Waals surface area (Å²) in [7, 11) is 0. The standard InChI is InChI=1S/C17H19ClN2O2/c1-12(2)13-3-6-15(7-4-13)22-10-9-17(21)20-14-5-8-16(18)19-11-14/h3-8,11-12H,9-10H2,1-2H3,(H,20,21). The van der Waals surface area contributed by atoms with Crippen LogP contribution in [-0.4, -0.2) is 17.5 Å². The maximum atomic E-state index is 11.8. The highest BCUT2D eigenvalue weighted by Crippen LogP contribution is 2.18. The summed E-state index contributed by atoms with van der Waals surface area (Å²) in [6, 6.07) is 11.3. The summed E-state index contributed by atoms with van der Waals surface area (Å²) in [6.07, 6.45) is 1.79.